The van der Waals surface area contributed by atoms with E-state index in [1.807, 2.05) is 50.2 Å². The van der Waals surface area contributed by atoms with Gasteiger partial charge in [-0.2, -0.15) is 5.26 Å². The van der Waals surface area contributed by atoms with Gasteiger partial charge < -0.3 is 15.4 Å². The van der Waals surface area contributed by atoms with Crippen LogP contribution in [0, 0.1) is 17.2 Å². The summed E-state index contributed by atoms with van der Waals surface area (Å²) < 4.78 is 5.48. The molecule has 0 aliphatic rings. The van der Waals surface area contributed by atoms with Crippen LogP contribution >= 0.6 is 0 Å². The average molecular weight is 343 g/mol. The molecule has 0 aliphatic heterocycles. The van der Waals surface area contributed by atoms with E-state index in [0.29, 0.717) is 12.8 Å². The summed E-state index contributed by atoms with van der Waals surface area (Å²) in [5.41, 5.74) is 0.854. The number of hydrogen-bond acceptors (Lipinski definition) is 4. The van der Waals surface area contributed by atoms with Gasteiger partial charge in [0.25, 0.3) is 0 Å². The zero-order valence-electron chi connectivity index (χ0n) is 14.7. The smallest absolute Gasteiger partial charge is 0.408 e. The van der Waals surface area contributed by atoms with Crippen molar-refractivity contribution in [3.05, 3.63) is 48.6 Å². The Morgan fingerprint density at radius 2 is 2.00 bits per heavy atom. The van der Waals surface area contributed by atoms with E-state index < -0.39 is 24.1 Å². The Labute approximate surface area is 148 Å². The first-order chi connectivity index (χ1) is 12.0. The van der Waals surface area contributed by atoms with Crippen molar-refractivity contribution in [1.29, 1.82) is 5.26 Å². The van der Waals surface area contributed by atoms with Crippen molar-refractivity contribution in [2.45, 2.75) is 38.8 Å². The first-order valence-electron chi connectivity index (χ1n) is 8.25. The lowest BCUT2D eigenvalue weighted by molar-refractivity contribution is -0.123. The Bertz CT molecular complexity index is 608. The predicted molar refractivity (Wildman–Crippen MR) is 95.5 cm³/mol. The van der Waals surface area contributed by atoms with Gasteiger partial charge in [0.15, 0.2) is 0 Å². The van der Waals surface area contributed by atoms with Crippen molar-refractivity contribution in [3.8, 4) is 6.07 Å². The zero-order chi connectivity index (χ0) is 18.7. The van der Waals surface area contributed by atoms with E-state index in [0.717, 1.165) is 5.56 Å². The van der Waals surface area contributed by atoms with Gasteiger partial charge in [-0.3, -0.25) is 4.79 Å². The Morgan fingerprint density at radius 1 is 1.32 bits per heavy atom. The summed E-state index contributed by atoms with van der Waals surface area (Å²) in [7, 11) is 0. The summed E-state index contributed by atoms with van der Waals surface area (Å²) in [6.07, 6.45) is 1.45. The molecular weight excluding hydrogens is 318 g/mol. The zero-order valence-corrected chi connectivity index (χ0v) is 14.7. The number of nitriles is 1. The Kier molecular flexibility index (Phi) is 8.80. The molecule has 0 aliphatic carbocycles. The number of carbonyl (C=O) groups excluding carboxylic acids is 2. The second-order valence-electron chi connectivity index (χ2n) is 6.03. The molecule has 134 valence electrons. The van der Waals surface area contributed by atoms with E-state index in [4.69, 9.17) is 10.00 Å². The summed E-state index contributed by atoms with van der Waals surface area (Å²) in [6.45, 7) is 7.48. The number of benzene rings is 1. The predicted octanol–water partition coefficient (Wildman–Crippen LogP) is 3.08. The monoisotopic (exact) mass is 343 g/mol. The maximum Gasteiger partial charge on any atom is 0.408 e. The fraction of sp³-hybridized carbons (Fsp3) is 0.421. The van der Waals surface area contributed by atoms with Gasteiger partial charge in [0.1, 0.15) is 18.7 Å². The molecule has 6 heteroatoms. The minimum atomic E-state index is -0.749. The summed E-state index contributed by atoms with van der Waals surface area (Å²) >= 11 is 0. The largest absolute Gasteiger partial charge is 0.441 e. The molecule has 2 atom stereocenters. The number of alkyl carbamates (subject to hydrolysis) is 1. The molecule has 1 unspecified atom stereocenters. The maximum atomic E-state index is 12.3. The van der Waals surface area contributed by atoms with E-state index in [-0.39, 0.29) is 12.5 Å². The van der Waals surface area contributed by atoms with Gasteiger partial charge in [0.05, 0.1) is 6.07 Å². The topological polar surface area (TPSA) is 91.2 Å². The normalized spacial score (nSPS) is 12.6. The van der Waals surface area contributed by atoms with Gasteiger partial charge in [0, 0.05) is 6.42 Å². The van der Waals surface area contributed by atoms with Crippen LogP contribution in [0.2, 0.25) is 0 Å². The number of nitrogens with zero attached hydrogens (tertiary/aromatic N) is 1. The van der Waals surface area contributed by atoms with Crippen molar-refractivity contribution in [1.82, 2.24) is 10.6 Å². The summed E-state index contributed by atoms with van der Waals surface area (Å²) in [5.74, 6) is -0.205. The number of carbonyl (C=O) groups is 2. The minimum absolute atomic E-state index is 0.104. The molecule has 0 radical (unpaired) electrons. The highest BCUT2D eigenvalue weighted by atomic mass is 16.6. The maximum absolute atomic E-state index is 12.3. The van der Waals surface area contributed by atoms with Crippen molar-refractivity contribution in [2.75, 3.05) is 6.54 Å². The van der Waals surface area contributed by atoms with E-state index in [9.17, 15) is 9.59 Å². The van der Waals surface area contributed by atoms with Gasteiger partial charge in [-0.15, -0.1) is 6.58 Å². The standard InChI is InChI=1S/C19H25N3O3/c1-4-8-17(15-9-6-5-7-10-15)25-19(24)22-16(13-14(2)3)18(23)21-12-11-20/h4-7,9-10,14,16-17H,1,8,12-13H2,2-3H3,(H,21,23)(H,22,24)/t16-,17?/m0/s1. The third kappa shape index (κ3) is 7.53. The van der Waals surface area contributed by atoms with Crippen LogP contribution in [0.1, 0.15) is 38.4 Å². The molecule has 1 aromatic carbocycles. The van der Waals surface area contributed by atoms with Crippen molar-refractivity contribution >= 4 is 12.0 Å². The molecular formula is C19H25N3O3. The second kappa shape index (κ2) is 10.9. The molecule has 0 saturated carbocycles. The van der Waals surface area contributed by atoms with Crippen LogP contribution in [0.15, 0.2) is 43.0 Å². The lowest BCUT2D eigenvalue weighted by Crippen LogP contribution is -2.47. The van der Waals surface area contributed by atoms with Crippen molar-refractivity contribution < 1.29 is 14.3 Å². The summed E-state index contributed by atoms with van der Waals surface area (Å²) in [6, 6.07) is 10.4. The third-order valence-corrected chi connectivity index (χ3v) is 3.46. The van der Waals surface area contributed by atoms with Crippen molar-refractivity contribution in [3.63, 3.8) is 0 Å². The van der Waals surface area contributed by atoms with Gasteiger partial charge in [-0.05, 0) is 17.9 Å². The molecule has 0 aromatic heterocycles. The molecule has 1 rings (SSSR count). The highest BCUT2D eigenvalue weighted by Crippen LogP contribution is 2.21. The molecule has 0 saturated heterocycles. The second-order valence-corrected chi connectivity index (χ2v) is 6.03. The number of rotatable bonds is 9. The van der Waals surface area contributed by atoms with Gasteiger partial charge in [-0.25, -0.2) is 4.79 Å². The average Bonchev–Trinajstić information content (AvgIpc) is 2.59. The lowest BCUT2D eigenvalue weighted by atomic mass is 10.0. The first-order valence-corrected chi connectivity index (χ1v) is 8.25. The molecule has 0 fully saturated rings. The fourth-order valence-corrected chi connectivity index (χ4v) is 2.33. The number of ether oxygens (including phenoxy) is 1. The molecule has 2 amide bonds. The highest BCUT2D eigenvalue weighted by molar-refractivity contribution is 5.85. The molecule has 1 aromatic rings. The molecule has 6 nitrogen and oxygen atoms in total. The van der Waals surface area contributed by atoms with E-state index in [1.54, 1.807) is 6.08 Å². The number of nitrogens with one attached hydrogen (secondary N) is 2. The Morgan fingerprint density at radius 3 is 2.56 bits per heavy atom. The summed E-state index contributed by atoms with van der Waals surface area (Å²) in [4.78, 5) is 24.4. The minimum Gasteiger partial charge on any atom is -0.441 e. The summed E-state index contributed by atoms with van der Waals surface area (Å²) in [5, 5.41) is 13.6. The first kappa shape index (κ1) is 20.2. The number of amides is 2. The quantitative estimate of drug-likeness (QED) is 0.532. The Hall–Kier alpha value is -2.81. The van der Waals surface area contributed by atoms with E-state index in [1.165, 1.54) is 0 Å². The van der Waals surface area contributed by atoms with Crippen molar-refractivity contribution in [2.24, 2.45) is 5.92 Å². The van der Waals surface area contributed by atoms with Crippen LogP contribution in [-0.4, -0.2) is 24.6 Å². The molecule has 0 bridgehead atoms. The van der Waals surface area contributed by atoms with Crippen LogP contribution in [0.3, 0.4) is 0 Å². The van der Waals surface area contributed by atoms with Gasteiger partial charge in [0.2, 0.25) is 5.91 Å². The SMILES string of the molecule is C=CCC(OC(=O)N[C@@H](CC(C)C)C(=O)NCC#N)c1ccccc1. The fourth-order valence-electron chi connectivity index (χ4n) is 2.33. The lowest BCUT2D eigenvalue weighted by Gasteiger charge is -2.22. The van der Waals surface area contributed by atoms with Crippen LogP contribution < -0.4 is 10.6 Å². The molecule has 25 heavy (non-hydrogen) atoms. The van der Waals surface area contributed by atoms with Crippen LogP contribution in [0.5, 0.6) is 0 Å². The van der Waals surface area contributed by atoms with Gasteiger partial charge in [-0.1, -0.05) is 50.3 Å². The van der Waals surface area contributed by atoms with Crippen LogP contribution in [0.4, 0.5) is 4.79 Å². The van der Waals surface area contributed by atoms with Gasteiger partial charge >= 0.3 is 6.09 Å². The number of hydrogen-bond donors (Lipinski definition) is 2. The molecule has 0 heterocycles. The third-order valence-electron chi connectivity index (χ3n) is 3.46. The van der Waals surface area contributed by atoms with Crippen LogP contribution in [0.25, 0.3) is 0 Å². The Balaban J connectivity index is 2.75. The van der Waals surface area contributed by atoms with E-state index >= 15 is 0 Å². The highest BCUT2D eigenvalue weighted by Gasteiger charge is 2.24. The van der Waals surface area contributed by atoms with E-state index in [2.05, 4.69) is 17.2 Å². The van der Waals surface area contributed by atoms with Crippen LogP contribution in [-0.2, 0) is 9.53 Å². The molecule has 0 spiro atoms. The molecule has 2 N–H and O–H groups in total.